The Labute approximate surface area is 173 Å². The first kappa shape index (κ1) is 21.1. The van der Waals surface area contributed by atoms with Gasteiger partial charge in [0.25, 0.3) is 0 Å². The number of ether oxygens (including phenoxy) is 1. The summed E-state index contributed by atoms with van der Waals surface area (Å²) in [5.74, 6) is -1.64. The SMILES string of the molecule is COc1ccc(C(C)(C)C#N)cc1-c1cc(F)cc(C(CC(=O)O)c2ncco2)c1. The summed E-state index contributed by atoms with van der Waals surface area (Å²) in [7, 11) is 1.51. The van der Waals surface area contributed by atoms with Crippen LogP contribution in [0.15, 0.2) is 53.3 Å². The quantitative estimate of drug-likeness (QED) is 0.597. The standard InChI is InChI=1S/C23H21FN2O4/c1-23(2,13-25)16-4-5-20(29-3)18(11-16)14-8-15(10-17(24)9-14)19(12-21(27)28)22-26-6-7-30-22/h4-11,19H,12H2,1-3H3,(H,27,28). The van der Waals surface area contributed by atoms with Gasteiger partial charge in [-0.3, -0.25) is 4.79 Å². The minimum atomic E-state index is -1.06. The number of carboxylic acid groups (broad SMARTS) is 1. The molecule has 154 valence electrons. The molecule has 0 aliphatic heterocycles. The van der Waals surface area contributed by atoms with Crippen LogP contribution in [-0.2, 0) is 10.2 Å². The van der Waals surface area contributed by atoms with Crippen LogP contribution in [0.1, 0.15) is 43.2 Å². The van der Waals surface area contributed by atoms with Crippen molar-refractivity contribution < 1.29 is 23.4 Å². The molecule has 1 heterocycles. The van der Waals surface area contributed by atoms with Crippen molar-refractivity contribution in [1.29, 1.82) is 5.26 Å². The molecule has 0 saturated carbocycles. The maximum Gasteiger partial charge on any atom is 0.304 e. The summed E-state index contributed by atoms with van der Waals surface area (Å²) in [6.45, 7) is 3.59. The van der Waals surface area contributed by atoms with Crippen LogP contribution in [0.25, 0.3) is 11.1 Å². The number of benzene rings is 2. The van der Waals surface area contributed by atoms with E-state index in [4.69, 9.17) is 9.15 Å². The van der Waals surface area contributed by atoms with Gasteiger partial charge in [0.15, 0.2) is 0 Å². The summed E-state index contributed by atoms with van der Waals surface area (Å²) in [5.41, 5.74) is 1.52. The van der Waals surface area contributed by atoms with Gasteiger partial charge in [-0.15, -0.1) is 0 Å². The van der Waals surface area contributed by atoms with Crippen molar-refractivity contribution in [3.05, 3.63) is 71.7 Å². The van der Waals surface area contributed by atoms with E-state index in [2.05, 4.69) is 11.1 Å². The van der Waals surface area contributed by atoms with Gasteiger partial charge in [-0.1, -0.05) is 6.07 Å². The summed E-state index contributed by atoms with van der Waals surface area (Å²) in [6, 6.07) is 11.9. The van der Waals surface area contributed by atoms with E-state index in [1.807, 2.05) is 0 Å². The lowest BCUT2D eigenvalue weighted by atomic mass is 9.84. The summed E-state index contributed by atoms with van der Waals surface area (Å²) >= 11 is 0. The van der Waals surface area contributed by atoms with Crippen LogP contribution in [0.3, 0.4) is 0 Å². The van der Waals surface area contributed by atoms with Gasteiger partial charge >= 0.3 is 5.97 Å². The van der Waals surface area contributed by atoms with Crippen molar-refractivity contribution in [2.45, 2.75) is 31.6 Å². The number of oxazole rings is 1. The van der Waals surface area contributed by atoms with Crippen LogP contribution in [0.2, 0.25) is 0 Å². The summed E-state index contributed by atoms with van der Waals surface area (Å²) in [4.78, 5) is 15.4. The molecule has 6 nitrogen and oxygen atoms in total. The third-order valence-electron chi connectivity index (χ3n) is 4.96. The van der Waals surface area contributed by atoms with Crippen LogP contribution in [0.4, 0.5) is 4.39 Å². The van der Waals surface area contributed by atoms with E-state index in [9.17, 15) is 19.6 Å². The predicted octanol–water partition coefficient (Wildman–Crippen LogP) is 4.90. The molecule has 0 amide bonds. The number of nitriles is 1. The number of methoxy groups -OCH3 is 1. The molecule has 0 aliphatic carbocycles. The molecule has 1 N–H and O–H groups in total. The molecule has 0 bridgehead atoms. The van der Waals surface area contributed by atoms with Gasteiger partial charge in [-0.2, -0.15) is 5.26 Å². The van der Waals surface area contributed by atoms with E-state index in [0.717, 1.165) is 5.56 Å². The highest BCUT2D eigenvalue weighted by molar-refractivity contribution is 5.73. The molecule has 3 aromatic rings. The Morgan fingerprint density at radius 1 is 1.33 bits per heavy atom. The average molecular weight is 408 g/mol. The molecule has 1 atom stereocenters. The van der Waals surface area contributed by atoms with Gasteiger partial charge in [0.05, 0.1) is 37.1 Å². The Kier molecular flexibility index (Phi) is 5.88. The zero-order chi connectivity index (χ0) is 21.9. The largest absolute Gasteiger partial charge is 0.496 e. The zero-order valence-corrected chi connectivity index (χ0v) is 16.8. The van der Waals surface area contributed by atoms with Crippen LogP contribution >= 0.6 is 0 Å². The van der Waals surface area contributed by atoms with Gasteiger partial charge < -0.3 is 14.3 Å². The molecule has 1 aromatic heterocycles. The molecular weight excluding hydrogens is 387 g/mol. The molecule has 1 unspecified atom stereocenters. The Bertz CT molecular complexity index is 1100. The highest BCUT2D eigenvalue weighted by atomic mass is 19.1. The van der Waals surface area contributed by atoms with Gasteiger partial charge in [-0.25, -0.2) is 9.37 Å². The second-order valence-corrected chi connectivity index (χ2v) is 7.45. The fourth-order valence-electron chi connectivity index (χ4n) is 3.28. The van der Waals surface area contributed by atoms with Crippen molar-refractivity contribution in [3.63, 3.8) is 0 Å². The second kappa shape index (κ2) is 8.37. The maximum atomic E-state index is 14.6. The molecule has 0 fully saturated rings. The van der Waals surface area contributed by atoms with Gasteiger partial charge in [0.1, 0.15) is 17.8 Å². The van der Waals surface area contributed by atoms with Crippen molar-refractivity contribution in [2.24, 2.45) is 0 Å². The molecule has 0 saturated heterocycles. The number of aromatic nitrogens is 1. The first-order valence-electron chi connectivity index (χ1n) is 9.27. The van der Waals surface area contributed by atoms with E-state index in [1.165, 1.54) is 31.7 Å². The highest BCUT2D eigenvalue weighted by Crippen LogP contribution is 2.37. The number of rotatable bonds is 7. The molecule has 2 aromatic carbocycles. The van der Waals surface area contributed by atoms with Crippen LogP contribution < -0.4 is 4.74 Å². The molecule has 0 aliphatic rings. The first-order valence-corrected chi connectivity index (χ1v) is 9.27. The molecule has 0 spiro atoms. The van der Waals surface area contributed by atoms with Gasteiger partial charge in [0.2, 0.25) is 5.89 Å². The topological polar surface area (TPSA) is 96.3 Å². The Morgan fingerprint density at radius 2 is 2.10 bits per heavy atom. The Hall–Kier alpha value is -3.66. The predicted molar refractivity (Wildman–Crippen MR) is 108 cm³/mol. The van der Waals surface area contributed by atoms with Crippen molar-refractivity contribution in [3.8, 4) is 22.9 Å². The second-order valence-electron chi connectivity index (χ2n) is 7.45. The normalized spacial score (nSPS) is 12.2. The van der Waals surface area contributed by atoms with Gasteiger partial charge in [0, 0.05) is 5.56 Å². The lowest BCUT2D eigenvalue weighted by Crippen LogP contribution is -2.14. The zero-order valence-electron chi connectivity index (χ0n) is 16.8. The fraction of sp³-hybridized carbons (Fsp3) is 0.261. The fourth-order valence-corrected chi connectivity index (χ4v) is 3.28. The van der Waals surface area contributed by atoms with E-state index < -0.39 is 23.1 Å². The van der Waals surface area contributed by atoms with Crippen molar-refractivity contribution in [2.75, 3.05) is 7.11 Å². The Morgan fingerprint density at radius 3 is 2.70 bits per heavy atom. The van der Waals surface area contributed by atoms with Crippen molar-refractivity contribution >= 4 is 5.97 Å². The smallest absolute Gasteiger partial charge is 0.304 e. The molecular formula is C23H21FN2O4. The molecule has 7 heteroatoms. The highest BCUT2D eigenvalue weighted by Gasteiger charge is 2.25. The number of aliphatic carboxylic acids is 1. The third kappa shape index (κ3) is 4.33. The first-order chi connectivity index (χ1) is 14.2. The summed E-state index contributed by atoms with van der Waals surface area (Å²) in [6.07, 6.45) is 2.46. The third-order valence-corrected chi connectivity index (χ3v) is 4.96. The molecule has 30 heavy (non-hydrogen) atoms. The summed E-state index contributed by atoms with van der Waals surface area (Å²) < 4.78 is 25.3. The van der Waals surface area contributed by atoms with Crippen LogP contribution in [-0.4, -0.2) is 23.2 Å². The van der Waals surface area contributed by atoms with E-state index in [-0.39, 0.29) is 12.3 Å². The van der Waals surface area contributed by atoms with Crippen LogP contribution in [0.5, 0.6) is 5.75 Å². The lowest BCUT2D eigenvalue weighted by Gasteiger charge is -2.19. The number of hydrogen-bond acceptors (Lipinski definition) is 5. The average Bonchev–Trinajstić information content (AvgIpc) is 3.25. The summed E-state index contributed by atoms with van der Waals surface area (Å²) in [5, 5.41) is 18.8. The van der Waals surface area contributed by atoms with Crippen molar-refractivity contribution in [1.82, 2.24) is 4.98 Å². The lowest BCUT2D eigenvalue weighted by molar-refractivity contribution is -0.137. The van der Waals surface area contributed by atoms with Gasteiger partial charge in [-0.05, 0) is 60.9 Å². The molecule has 3 rings (SSSR count). The number of hydrogen-bond donors (Lipinski definition) is 1. The number of halogens is 1. The number of nitrogens with zero attached hydrogens (tertiary/aromatic N) is 2. The monoisotopic (exact) mass is 408 g/mol. The number of carboxylic acids is 1. The minimum absolute atomic E-state index is 0.195. The van der Waals surface area contributed by atoms with Crippen LogP contribution in [0, 0.1) is 17.1 Å². The van der Waals surface area contributed by atoms with E-state index in [0.29, 0.717) is 22.4 Å². The minimum Gasteiger partial charge on any atom is -0.496 e. The van der Waals surface area contributed by atoms with E-state index >= 15 is 0 Å². The number of carbonyl (C=O) groups is 1. The molecule has 0 radical (unpaired) electrons. The Balaban J connectivity index is 2.17. The van der Waals surface area contributed by atoms with E-state index in [1.54, 1.807) is 38.1 Å². The maximum absolute atomic E-state index is 14.6.